The molecule has 20 heavy (non-hydrogen) atoms. The number of rotatable bonds is 5. The molecule has 2 aromatic heterocycles. The zero-order valence-corrected chi connectivity index (χ0v) is 12.0. The van der Waals surface area contributed by atoms with Crippen LogP contribution in [0.4, 0.5) is 5.95 Å². The maximum Gasteiger partial charge on any atom is 0.266 e. The van der Waals surface area contributed by atoms with Gasteiger partial charge in [0.25, 0.3) is 11.8 Å². The largest absolute Gasteiger partial charge is 0.341 e. The average molecular weight is 285 g/mol. The molecule has 0 radical (unpaired) electrons. The SMILES string of the molecule is CN(CCc1cccs1)c1noc(-c2ccccc2)n1. The van der Waals surface area contributed by atoms with Crippen molar-refractivity contribution in [3.05, 3.63) is 52.7 Å². The van der Waals surface area contributed by atoms with Crippen LogP contribution in [0, 0.1) is 0 Å². The first-order valence-electron chi connectivity index (χ1n) is 6.45. The van der Waals surface area contributed by atoms with Crippen LogP contribution in [-0.4, -0.2) is 23.7 Å². The van der Waals surface area contributed by atoms with Crippen molar-refractivity contribution >= 4 is 17.3 Å². The van der Waals surface area contributed by atoms with Crippen molar-refractivity contribution in [1.29, 1.82) is 0 Å². The summed E-state index contributed by atoms with van der Waals surface area (Å²) < 4.78 is 5.31. The summed E-state index contributed by atoms with van der Waals surface area (Å²) in [5.41, 5.74) is 0.943. The van der Waals surface area contributed by atoms with E-state index in [0.717, 1.165) is 18.5 Å². The molecule has 3 rings (SSSR count). The monoisotopic (exact) mass is 285 g/mol. The van der Waals surface area contributed by atoms with Gasteiger partial charge in [-0.3, -0.25) is 0 Å². The van der Waals surface area contributed by atoms with E-state index in [0.29, 0.717) is 11.8 Å². The number of anilines is 1. The van der Waals surface area contributed by atoms with Crippen LogP contribution in [0.2, 0.25) is 0 Å². The molecule has 0 bridgehead atoms. The number of thiophene rings is 1. The Balaban J connectivity index is 1.67. The second kappa shape index (κ2) is 5.88. The van der Waals surface area contributed by atoms with E-state index in [4.69, 9.17) is 4.52 Å². The highest BCUT2D eigenvalue weighted by molar-refractivity contribution is 7.09. The minimum absolute atomic E-state index is 0.559. The van der Waals surface area contributed by atoms with E-state index >= 15 is 0 Å². The Bertz CT molecular complexity index is 649. The Kier molecular flexibility index (Phi) is 3.78. The highest BCUT2D eigenvalue weighted by Gasteiger charge is 2.12. The lowest BCUT2D eigenvalue weighted by Crippen LogP contribution is -2.21. The highest BCUT2D eigenvalue weighted by Crippen LogP contribution is 2.19. The molecule has 0 atom stereocenters. The molecule has 1 aromatic carbocycles. The Morgan fingerprint density at radius 1 is 1.15 bits per heavy atom. The Hall–Kier alpha value is -2.14. The first-order chi connectivity index (χ1) is 9.83. The standard InChI is InChI=1S/C15H15N3OS/c1-18(10-9-13-8-5-11-20-13)15-16-14(19-17-15)12-6-3-2-4-7-12/h2-8,11H,9-10H2,1H3. The summed E-state index contributed by atoms with van der Waals surface area (Å²) >= 11 is 1.77. The fourth-order valence-electron chi connectivity index (χ4n) is 1.90. The van der Waals surface area contributed by atoms with Crippen LogP contribution >= 0.6 is 11.3 Å². The van der Waals surface area contributed by atoms with Gasteiger partial charge in [-0.05, 0) is 35.2 Å². The fourth-order valence-corrected chi connectivity index (χ4v) is 2.60. The van der Waals surface area contributed by atoms with E-state index in [1.165, 1.54) is 4.88 Å². The first kappa shape index (κ1) is 12.9. The molecule has 0 aliphatic heterocycles. The van der Waals surface area contributed by atoms with Crippen molar-refractivity contribution in [2.24, 2.45) is 0 Å². The molecule has 4 nitrogen and oxygen atoms in total. The Morgan fingerprint density at radius 2 is 2.00 bits per heavy atom. The molecule has 0 spiro atoms. The van der Waals surface area contributed by atoms with E-state index < -0.39 is 0 Å². The van der Waals surface area contributed by atoms with Crippen molar-refractivity contribution in [1.82, 2.24) is 10.1 Å². The van der Waals surface area contributed by atoms with Gasteiger partial charge >= 0.3 is 0 Å². The molecular formula is C15H15N3OS. The number of aromatic nitrogens is 2. The van der Waals surface area contributed by atoms with Crippen molar-refractivity contribution < 1.29 is 4.52 Å². The predicted octanol–water partition coefficient (Wildman–Crippen LogP) is 3.48. The fraction of sp³-hybridized carbons (Fsp3) is 0.200. The van der Waals surface area contributed by atoms with E-state index in [1.54, 1.807) is 11.3 Å². The number of benzene rings is 1. The van der Waals surface area contributed by atoms with Gasteiger partial charge in [-0.25, -0.2) is 0 Å². The van der Waals surface area contributed by atoms with Gasteiger partial charge in [0.05, 0.1) is 0 Å². The quantitative estimate of drug-likeness (QED) is 0.720. The highest BCUT2D eigenvalue weighted by atomic mass is 32.1. The third kappa shape index (κ3) is 2.88. The molecule has 0 amide bonds. The number of nitrogens with zero attached hydrogens (tertiary/aromatic N) is 3. The van der Waals surface area contributed by atoms with Gasteiger partial charge in [-0.15, -0.1) is 11.3 Å². The number of hydrogen-bond acceptors (Lipinski definition) is 5. The summed E-state index contributed by atoms with van der Waals surface area (Å²) in [5.74, 6) is 1.18. The van der Waals surface area contributed by atoms with Gasteiger partial charge < -0.3 is 9.42 Å². The normalized spacial score (nSPS) is 10.7. The molecule has 0 fully saturated rings. The Morgan fingerprint density at radius 3 is 2.75 bits per heavy atom. The van der Waals surface area contributed by atoms with E-state index in [2.05, 4.69) is 27.7 Å². The lowest BCUT2D eigenvalue weighted by Gasteiger charge is -2.12. The maximum absolute atomic E-state index is 5.31. The second-order valence-corrected chi connectivity index (χ2v) is 5.55. The smallest absolute Gasteiger partial charge is 0.266 e. The molecule has 0 saturated heterocycles. The van der Waals surface area contributed by atoms with Gasteiger partial charge in [0.15, 0.2) is 0 Å². The zero-order valence-electron chi connectivity index (χ0n) is 11.2. The molecule has 102 valence electrons. The van der Waals surface area contributed by atoms with Crippen molar-refractivity contribution in [3.8, 4) is 11.5 Å². The van der Waals surface area contributed by atoms with Crippen LogP contribution in [0.15, 0.2) is 52.4 Å². The van der Waals surface area contributed by atoms with Gasteiger partial charge in [0, 0.05) is 24.0 Å². The molecule has 0 aliphatic carbocycles. The van der Waals surface area contributed by atoms with Gasteiger partial charge in [-0.2, -0.15) is 4.98 Å². The van der Waals surface area contributed by atoms with Crippen LogP contribution in [0.5, 0.6) is 0 Å². The number of hydrogen-bond donors (Lipinski definition) is 0. The first-order valence-corrected chi connectivity index (χ1v) is 7.33. The predicted molar refractivity (Wildman–Crippen MR) is 81.0 cm³/mol. The zero-order chi connectivity index (χ0) is 13.8. The van der Waals surface area contributed by atoms with Crippen molar-refractivity contribution in [2.45, 2.75) is 6.42 Å². The van der Waals surface area contributed by atoms with E-state index in [9.17, 15) is 0 Å². The maximum atomic E-state index is 5.31. The van der Waals surface area contributed by atoms with Crippen LogP contribution in [0.3, 0.4) is 0 Å². The average Bonchev–Trinajstić information content (AvgIpc) is 3.17. The molecule has 0 saturated carbocycles. The van der Waals surface area contributed by atoms with E-state index in [1.807, 2.05) is 42.3 Å². The third-order valence-corrected chi connectivity index (χ3v) is 3.99. The minimum Gasteiger partial charge on any atom is -0.341 e. The van der Waals surface area contributed by atoms with Crippen LogP contribution < -0.4 is 4.90 Å². The molecule has 0 N–H and O–H groups in total. The van der Waals surface area contributed by atoms with Crippen LogP contribution in [-0.2, 0) is 6.42 Å². The van der Waals surface area contributed by atoms with Crippen LogP contribution in [0.1, 0.15) is 4.88 Å². The van der Waals surface area contributed by atoms with Crippen molar-refractivity contribution in [3.63, 3.8) is 0 Å². The summed E-state index contributed by atoms with van der Waals surface area (Å²) in [6.07, 6.45) is 0.989. The Labute approximate surface area is 121 Å². The van der Waals surface area contributed by atoms with Gasteiger partial charge in [0.2, 0.25) is 0 Å². The van der Waals surface area contributed by atoms with Crippen molar-refractivity contribution in [2.75, 3.05) is 18.5 Å². The minimum atomic E-state index is 0.559. The van der Waals surface area contributed by atoms with Crippen LogP contribution in [0.25, 0.3) is 11.5 Å². The lowest BCUT2D eigenvalue weighted by molar-refractivity contribution is 0.430. The summed E-state index contributed by atoms with van der Waals surface area (Å²) in [7, 11) is 1.98. The van der Waals surface area contributed by atoms with E-state index in [-0.39, 0.29) is 0 Å². The topological polar surface area (TPSA) is 42.2 Å². The lowest BCUT2D eigenvalue weighted by atomic mass is 10.2. The summed E-state index contributed by atoms with van der Waals surface area (Å²) in [6.45, 7) is 0.869. The molecular weight excluding hydrogens is 270 g/mol. The summed E-state index contributed by atoms with van der Waals surface area (Å²) in [6, 6.07) is 14.0. The summed E-state index contributed by atoms with van der Waals surface area (Å²) in [4.78, 5) is 7.81. The molecule has 0 aliphatic rings. The molecule has 2 heterocycles. The van der Waals surface area contributed by atoms with Gasteiger partial charge in [0.1, 0.15) is 0 Å². The molecule has 5 heteroatoms. The second-order valence-electron chi connectivity index (χ2n) is 4.52. The molecule has 0 unspecified atom stereocenters. The summed E-state index contributed by atoms with van der Waals surface area (Å²) in [5, 5.41) is 6.13. The van der Waals surface area contributed by atoms with Gasteiger partial charge in [-0.1, -0.05) is 24.3 Å². The third-order valence-electron chi connectivity index (χ3n) is 3.05. The molecule has 3 aromatic rings. The number of likely N-dealkylation sites (N-methyl/N-ethyl adjacent to an activating group) is 1.